The average molecular weight is 397 g/mol. The summed E-state index contributed by atoms with van der Waals surface area (Å²) in [4.78, 5) is 17.7. The zero-order valence-electron chi connectivity index (χ0n) is 14.8. The summed E-state index contributed by atoms with van der Waals surface area (Å²) >= 11 is 0. The molecular formula is C19H16F5N3O. The van der Waals surface area contributed by atoms with E-state index in [2.05, 4.69) is 4.98 Å². The standard InChI is InChI=1S/C19H16F5N3O/c1-26(17(28)10-12-5-4-6-13(9-12)19(22,23)24)11-16-25-14-7-2-3-8-15(14)27(16)18(20)21/h2-9,18H,10-11H2,1H3. The quantitative estimate of drug-likeness (QED) is 0.588. The van der Waals surface area contributed by atoms with Crippen LogP contribution in [0, 0.1) is 0 Å². The summed E-state index contributed by atoms with van der Waals surface area (Å²) in [6, 6.07) is 10.8. The van der Waals surface area contributed by atoms with Crippen molar-refractivity contribution in [3.63, 3.8) is 0 Å². The molecule has 2 aromatic carbocycles. The predicted molar refractivity (Wildman–Crippen MR) is 92.6 cm³/mol. The van der Waals surface area contributed by atoms with Crippen LogP contribution in [-0.2, 0) is 23.9 Å². The van der Waals surface area contributed by atoms with E-state index in [1.807, 2.05) is 0 Å². The molecule has 0 saturated heterocycles. The molecule has 0 fully saturated rings. The van der Waals surface area contributed by atoms with Gasteiger partial charge in [-0.1, -0.05) is 30.3 Å². The van der Waals surface area contributed by atoms with Gasteiger partial charge in [0.2, 0.25) is 5.91 Å². The molecular weight excluding hydrogens is 381 g/mol. The monoisotopic (exact) mass is 397 g/mol. The second-order valence-electron chi connectivity index (χ2n) is 6.29. The maximum atomic E-state index is 13.5. The van der Waals surface area contributed by atoms with Crippen molar-refractivity contribution in [2.45, 2.75) is 25.7 Å². The average Bonchev–Trinajstić information content (AvgIpc) is 2.99. The van der Waals surface area contributed by atoms with Crippen molar-refractivity contribution < 1.29 is 26.7 Å². The number of fused-ring (bicyclic) bond motifs is 1. The van der Waals surface area contributed by atoms with Crippen LogP contribution in [0.4, 0.5) is 22.0 Å². The van der Waals surface area contributed by atoms with E-state index in [0.717, 1.165) is 16.7 Å². The molecule has 0 radical (unpaired) electrons. The van der Waals surface area contributed by atoms with Gasteiger partial charge in [-0.2, -0.15) is 22.0 Å². The number of alkyl halides is 5. The van der Waals surface area contributed by atoms with Crippen molar-refractivity contribution in [2.24, 2.45) is 0 Å². The Morgan fingerprint density at radius 3 is 2.54 bits per heavy atom. The Bertz CT molecular complexity index is 997. The highest BCUT2D eigenvalue weighted by Gasteiger charge is 2.30. The third-order valence-electron chi connectivity index (χ3n) is 4.28. The lowest BCUT2D eigenvalue weighted by Crippen LogP contribution is -2.29. The van der Waals surface area contributed by atoms with Crippen LogP contribution < -0.4 is 0 Å². The first-order chi connectivity index (χ1) is 13.2. The highest BCUT2D eigenvalue weighted by molar-refractivity contribution is 5.79. The maximum Gasteiger partial charge on any atom is 0.416 e. The van der Waals surface area contributed by atoms with E-state index < -0.39 is 24.2 Å². The normalized spacial score (nSPS) is 12.0. The number of carbonyl (C=O) groups excluding carboxylic acids is 1. The molecule has 0 unspecified atom stereocenters. The van der Waals surface area contributed by atoms with Crippen LogP contribution in [0.2, 0.25) is 0 Å². The van der Waals surface area contributed by atoms with E-state index in [4.69, 9.17) is 0 Å². The van der Waals surface area contributed by atoms with Crippen LogP contribution in [0.25, 0.3) is 11.0 Å². The minimum atomic E-state index is -4.51. The van der Waals surface area contributed by atoms with Gasteiger partial charge in [-0.3, -0.25) is 9.36 Å². The van der Waals surface area contributed by atoms with Crippen molar-refractivity contribution in [2.75, 3.05) is 7.05 Å². The molecule has 3 aromatic rings. The van der Waals surface area contributed by atoms with Gasteiger partial charge in [0.15, 0.2) is 0 Å². The topological polar surface area (TPSA) is 38.1 Å². The molecule has 28 heavy (non-hydrogen) atoms. The van der Waals surface area contributed by atoms with Crippen LogP contribution >= 0.6 is 0 Å². The van der Waals surface area contributed by atoms with Crippen molar-refractivity contribution in [3.8, 4) is 0 Å². The zero-order valence-corrected chi connectivity index (χ0v) is 14.8. The molecule has 0 saturated carbocycles. The Morgan fingerprint density at radius 2 is 1.86 bits per heavy atom. The van der Waals surface area contributed by atoms with Gasteiger partial charge in [-0.25, -0.2) is 4.98 Å². The van der Waals surface area contributed by atoms with Gasteiger partial charge >= 0.3 is 12.7 Å². The second-order valence-corrected chi connectivity index (χ2v) is 6.29. The van der Waals surface area contributed by atoms with E-state index >= 15 is 0 Å². The van der Waals surface area contributed by atoms with Crippen molar-refractivity contribution in [3.05, 3.63) is 65.5 Å². The first-order valence-corrected chi connectivity index (χ1v) is 8.31. The number of nitrogens with zero attached hydrogens (tertiary/aromatic N) is 3. The van der Waals surface area contributed by atoms with Gasteiger partial charge < -0.3 is 4.90 Å². The van der Waals surface area contributed by atoms with Crippen LogP contribution in [0.5, 0.6) is 0 Å². The van der Waals surface area contributed by atoms with Gasteiger partial charge in [0.1, 0.15) is 5.82 Å². The Morgan fingerprint density at radius 1 is 1.14 bits per heavy atom. The van der Waals surface area contributed by atoms with Crippen LogP contribution in [0.15, 0.2) is 48.5 Å². The Hall–Kier alpha value is -2.97. The summed E-state index contributed by atoms with van der Waals surface area (Å²) in [5, 5.41) is 0. The fraction of sp³-hybridized carbons (Fsp3) is 0.263. The number of benzene rings is 2. The summed E-state index contributed by atoms with van der Waals surface area (Å²) < 4.78 is 66.0. The van der Waals surface area contributed by atoms with Crippen molar-refractivity contribution in [1.29, 1.82) is 0 Å². The van der Waals surface area contributed by atoms with Crippen molar-refractivity contribution in [1.82, 2.24) is 14.5 Å². The zero-order chi connectivity index (χ0) is 20.5. The first-order valence-electron chi connectivity index (χ1n) is 8.31. The molecule has 1 amide bonds. The number of halogens is 5. The molecule has 0 atom stereocenters. The predicted octanol–water partition coefficient (Wildman–Crippen LogP) is 4.65. The van der Waals surface area contributed by atoms with E-state index in [9.17, 15) is 26.7 Å². The molecule has 3 rings (SSSR count). The van der Waals surface area contributed by atoms with Gasteiger partial charge in [-0.05, 0) is 23.8 Å². The smallest absolute Gasteiger partial charge is 0.338 e. The third-order valence-corrected chi connectivity index (χ3v) is 4.28. The Kier molecular flexibility index (Phi) is 5.35. The molecule has 0 aliphatic heterocycles. The maximum absolute atomic E-state index is 13.5. The lowest BCUT2D eigenvalue weighted by molar-refractivity contribution is -0.138. The fourth-order valence-corrected chi connectivity index (χ4v) is 2.89. The largest absolute Gasteiger partial charge is 0.416 e. The van der Waals surface area contributed by atoms with E-state index in [0.29, 0.717) is 5.52 Å². The minimum absolute atomic E-state index is 0.00362. The first kappa shape index (κ1) is 19.8. The van der Waals surface area contributed by atoms with Gasteiger partial charge in [0, 0.05) is 7.05 Å². The number of hydrogen-bond donors (Lipinski definition) is 0. The summed E-state index contributed by atoms with van der Waals surface area (Å²) in [6.07, 6.45) is -4.79. The summed E-state index contributed by atoms with van der Waals surface area (Å²) in [5.41, 5.74) is -0.0447. The molecule has 1 heterocycles. The van der Waals surface area contributed by atoms with Crippen molar-refractivity contribution >= 4 is 16.9 Å². The number of para-hydroxylation sites is 2. The van der Waals surface area contributed by atoms with E-state index in [-0.39, 0.29) is 29.9 Å². The third kappa shape index (κ3) is 4.13. The summed E-state index contributed by atoms with van der Waals surface area (Å²) in [6.45, 7) is -3.04. The molecule has 0 aliphatic rings. The Balaban J connectivity index is 1.78. The van der Waals surface area contributed by atoms with Gasteiger partial charge in [-0.15, -0.1) is 0 Å². The number of rotatable bonds is 5. The number of likely N-dealkylation sites (N-methyl/N-ethyl adjacent to an activating group) is 1. The highest BCUT2D eigenvalue weighted by atomic mass is 19.4. The fourth-order valence-electron chi connectivity index (χ4n) is 2.89. The van der Waals surface area contributed by atoms with Gasteiger partial charge in [0.05, 0.1) is 29.6 Å². The molecule has 4 nitrogen and oxygen atoms in total. The number of hydrogen-bond acceptors (Lipinski definition) is 2. The second kappa shape index (κ2) is 7.57. The SMILES string of the molecule is CN(Cc1nc2ccccc2n1C(F)F)C(=O)Cc1cccc(C(F)(F)F)c1. The van der Waals surface area contributed by atoms with Gasteiger partial charge in [0.25, 0.3) is 0 Å². The number of amides is 1. The Labute approximate surface area is 157 Å². The molecule has 148 valence electrons. The lowest BCUT2D eigenvalue weighted by Gasteiger charge is -2.18. The van der Waals surface area contributed by atoms with E-state index in [1.165, 1.54) is 30.1 Å². The minimum Gasteiger partial charge on any atom is -0.338 e. The molecule has 1 aromatic heterocycles. The summed E-state index contributed by atoms with van der Waals surface area (Å²) in [7, 11) is 1.39. The molecule has 0 spiro atoms. The lowest BCUT2D eigenvalue weighted by atomic mass is 10.1. The molecule has 0 N–H and O–H groups in total. The molecule has 0 aliphatic carbocycles. The van der Waals surface area contributed by atoms with Crippen LogP contribution in [0.1, 0.15) is 23.5 Å². The highest BCUT2D eigenvalue weighted by Crippen LogP contribution is 2.30. The molecule has 0 bridgehead atoms. The number of carbonyl (C=O) groups is 1. The molecule has 9 heteroatoms. The summed E-state index contributed by atoms with van der Waals surface area (Å²) in [5.74, 6) is -0.511. The number of imidazole rings is 1. The van der Waals surface area contributed by atoms with E-state index in [1.54, 1.807) is 18.2 Å². The van der Waals surface area contributed by atoms with Crippen LogP contribution in [0.3, 0.4) is 0 Å². The number of aromatic nitrogens is 2. The van der Waals surface area contributed by atoms with Crippen LogP contribution in [-0.4, -0.2) is 27.4 Å².